The van der Waals surface area contributed by atoms with Crippen LogP contribution in [0.5, 0.6) is 0 Å². The van der Waals surface area contributed by atoms with Crippen molar-refractivity contribution in [1.29, 1.82) is 0 Å². The highest BCUT2D eigenvalue weighted by Gasteiger charge is 2.36. The SMILES string of the molecule is CC1COCCN1c1nc(-c2cnc(NC(=O)O)cc2C(F)(F)F)nn2cc(CN3CCN(S(C)(=O)=O)CC3)cc12.CS(=O)(=O)O. The van der Waals surface area contributed by atoms with Crippen molar-refractivity contribution < 1.29 is 49.2 Å². The van der Waals surface area contributed by atoms with Crippen LogP contribution in [0.25, 0.3) is 16.9 Å². The van der Waals surface area contributed by atoms with Crippen LogP contribution in [-0.2, 0) is 37.6 Å². The molecule has 0 saturated carbocycles. The van der Waals surface area contributed by atoms with Gasteiger partial charge < -0.3 is 14.7 Å². The number of alkyl halides is 3. The molecule has 0 aliphatic carbocycles. The van der Waals surface area contributed by atoms with Crippen LogP contribution >= 0.6 is 0 Å². The molecule has 2 saturated heterocycles. The molecule has 254 valence electrons. The number of carbonyl (C=O) groups is 1. The minimum Gasteiger partial charge on any atom is -0.465 e. The van der Waals surface area contributed by atoms with Crippen LogP contribution in [0.3, 0.4) is 0 Å². The van der Waals surface area contributed by atoms with E-state index in [1.807, 2.05) is 23.2 Å². The van der Waals surface area contributed by atoms with E-state index in [1.165, 1.54) is 15.1 Å². The Morgan fingerprint density at radius 3 is 2.33 bits per heavy atom. The third-order valence-electron chi connectivity index (χ3n) is 7.03. The Bertz CT molecular complexity index is 1790. The van der Waals surface area contributed by atoms with E-state index in [4.69, 9.17) is 14.4 Å². The number of fused-ring (bicyclic) bond motifs is 1. The summed E-state index contributed by atoms with van der Waals surface area (Å²) < 4.78 is 100. The molecule has 0 spiro atoms. The number of ether oxygens (including phenoxy) is 1. The van der Waals surface area contributed by atoms with Crippen LogP contribution in [0, 0.1) is 0 Å². The normalized spacial score (nSPS) is 18.7. The number of hydrogen-bond acceptors (Lipinski definition) is 11. The van der Waals surface area contributed by atoms with Gasteiger partial charge in [-0.3, -0.25) is 14.8 Å². The topological polar surface area (TPSA) is 200 Å². The highest BCUT2D eigenvalue weighted by molar-refractivity contribution is 7.88. The fourth-order valence-electron chi connectivity index (χ4n) is 5.01. The Morgan fingerprint density at radius 2 is 1.76 bits per heavy atom. The number of hydrogen-bond donors (Lipinski definition) is 3. The smallest absolute Gasteiger partial charge is 0.417 e. The van der Waals surface area contributed by atoms with Gasteiger partial charge in [-0.25, -0.2) is 27.7 Å². The maximum absolute atomic E-state index is 14.1. The zero-order valence-corrected chi connectivity index (χ0v) is 26.6. The summed E-state index contributed by atoms with van der Waals surface area (Å²) in [5.41, 5.74) is -0.100. The highest BCUT2D eigenvalue weighted by Crippen LogP contribution is 2.38. The lowest BCUT2D eigenvalue weighted by Gasteiger charge is -2.34. The lowest BCUT2D eigenvalue weighted by Crippen LogP contribution is -2.47. The molecule has 5 heterocycles. The van der Waals surface area contributed by atoms with E-state index in [0.29, 0.717) is 76.1 Å². The Morgan fingerprint density at radius 1 is 1.11 bits per heavy atom. The fourth-order valence-corrected chi connectivity index (χ4v) is 5.84. The molecule has 1 amide bonds. The molecule has 21 heteroatoms. The molecule has 5 rings (SSSR count). The molecular formula is C25H33F3N8O8S2. The van der Waals surface area contributed by atoms with Crippen molar-refractivity contribution in [3.8, 4) is 11.4 Å². The molecule has 0 radical (unpaired) electrons. The fraction of sp³-hybridized carbons (Fsp3) is 0.520. The van der Waals surface area contributed by atoms with Gasteiger partial charge in [-0.15, -0.1) is 5.10 Å². The number of rotatable bonds is 6. The molecular weight excluding hydrogens is 661 g/mol. The summed E-state index contributed by atoms with van der Waals surface area (Å²) in [5, 5.41) is 15.2. The molecule has 46 heavy (non-hydrogen) atoms. The molecule has 2 aliphatic heterocycles. The van der Waals surface area contributed by atoms with Gasteiger partial charge in [0.15, 0.2) is 11.6 Å². The van der Waals surface area contributed by atoms with Crippen molar-refractivity contribution >= 4 is 43.4 Å². The minimum absolute atomic E-state index is 0.111. The van der Waals surface area contributed by atoms with E-state index < -0.39 is 49.4 Å². The zero-order valence-electron chi connectivity index (χ0n) is 25.0. The molecule has 3 N–H and O–H groups in total. The van der Waals surface area contributed by atoms with Gasteiger partial charge in [-0.2, -0.15) is 25.9 Å². The number of halogens is 3. The van der Waals surface area contributed by atoms with E-state index in [9.17, 15) is 34.8 Å². The van der Waals surface area contributed by atoms with Gasteiger partial charge in [0.1, 0.15) is 11.3 Å². The predicted octanol–water partition coefficient (Wildman–Crippen LogP) is 1.71. The lowest BCUT2D eigenvalue weighted by atomic mass is 10.1. The van der Waals surface area contributed by atoms with Crippen LogP contribution in [0.2, 0.25) is 0 Å². The first-order chi connectivity index (χ1) is 21.3. The van der Waals surface area contributed by atoms with Crippen LogP contribution < -0.4 is 10.2 Å². The first-order valence-corrected chi connectivity index (χ1v) is 17.4. The van der Waals surface area contributed by atoms with E-state index >= 15 is 0 Å². The number of pyridine rings is 1. The number of nitrogens with zero attached hydrogens (tertiary/aromatic N) is 7. The molecule has 2 aliphatic rings. The zero-order chi connectivity index (χ0) is 34.0. The van der Waals surface area contributed by atoms with Crippen LogP contribution in [-0.4, -0.2) is 126 Å². The standard InChI is InChI=1S/C24H29F3N8O5S.CH4O3S/c1-15-14-40-8-7-34(15)22-19-9-16(12-32-3-5-33(6-4-32)41(2,38)39)13-35(19)31-21(30-22)17-11-28-20(29-23(36)37)10-18(17)24(25,26)27;1-5(2,3)4/h9-11,13,15H,3-8,12,14H2,1-2H3,(H,28,29)(H,36,37);1H3,(H,2,3,4). The summed E-state index contributed by atoms with van der Waals surface area (Å²) in [6, 6.07) is 2.39. The van der Waals surface area contributed by atoms with Crippen molar-refractivity contribution in [3.05, 3.63) is 35.7 Å². The molecule has 1 atom stereocenters. The molecule has 3 aromatic rings. The summed E-state index contributed by atoms with van der Waals surface area (Å²) in [7, 11) is -6.94. The van der Waals surface area contributed by atoms with Crippen LogP contribution in [0.1, 0.15) is 18.1 Å². The number of sulfonamides is 1. The predicted molar refractivity (Wildman–Crippen MR) is 160 cm³/mol. The molecule has 16 nitrogen and oxygen atoms in total. The summed E-state index contributed by atoms with van der Waals surface area (Å²) in [4.78, 5) is 23.5. The lowest BCUT2D eigenvalue weighted by molar-refractivity contribution is -0.137. The number of anilines is 2. The Labute approximate surface area is 262 Å². The van der Waals surface area contributed by atoms with Crippen molar-refractivity contribution in [2.24, 2.45) is 0 Å². The average molecular weight is 695 g/mol. The van der Waals surface area contributed by atoms with E-state index in [-0.39, 0.29) is 11.9 Å². The third-order valence-corrected chi connectivity index (χ3v) is 8.34. The maximum atomic E-state index is 14.1. The second-order valence-electron chi connectivity index (χ2n) is 10.8. The van der Waals surface area contributed by atoms with Gasteiger partial charge in [-0.05, 0) is 24.6 Å². The van der Waals surface area contributed by atoms with E-state index in [1.54, 1.807) is 6.20 Å². The number of morpholine rings is 1. The molecule has 2 fully saturated rings. The number of nitrogens with one attached hydrogen (secondary N) is 1. The van der Waals surface area contributed by atoms with Crippen LogP contribution in [0.4, 0.5) is 29.6 Å². The van der Waals surface area contributed by atoms with Gasteiger partial charge >= 0.3 is 12.3 Å². The van der Waals surface area contributed by atoms with Crippen molar-refractivity contribution in [1.82, 2.24) is 28.8 Å². The monoisotopic (exact) mass is 694 g/mol. The van der Waals surface area contributed by atoms with Gasteiger partial charge in [0.05, 0.1) is 42.9 Å². The van der Waals surface area contributed by atoms with Gasteiger partial charge in [0, 0.05) is 51.7 Å². The molecule has 0 aromatic carbocycles. The molecule has 3 aromatic heterocycles. The largest absolute Gasteiger partial charge is 0.465 e. The first-order valence-electron chi connectivity index (χ1n) is 13.7. The number of aromatic nitrogens is 4. The van der Waals surface area contributed by atoms with Crippen molar-refractivity contribution in [3.63, 3.8) is 0 Å². The summed E-state index contributed by atoms with van der Waals surface area (Å²) in [6.45, 7) is 5.50. The minimum atomic E-state index is -4.84. The Balaban J connectivity index is 0.000000892. The average Bonchev–Trinajstić information content (AvgIpc) is 3.33. The first kappa shape index (κ1) is 35.2. The van der Waals surface area contributed by atoms with E-state index in [0.717, 1.165) is 11.8 Å². The second-order valence-corrected chi connectivity index (χ2v) is 14.2. The van der Waals surface area contributed by atoms with Gasteiger partial charge in [-0.1, -0.05) is 0 Å². The van der Waals surface area contributed by atoms with Gasteiger partial charge in [0.2, 0.25) is 10.0 Å². The summed E-state index contributed by atoms with van der Waals surface area (Å²) >= 11 is 0. The van der Waals surface area contributed by atoms with Crippen molar-refractivity contribution in [2.75, 3.05) is 68.7 Å². The third kappa shape index (κ3) is 9.22. The number of piperazine rings is 1. The maximum Gasteiger partial charge on any atom is 0.417 e. The second kappa shape index (κ2) is 13.6. The molecule has 0 bridgehead atoms. The van der Waals surface area contributed by atoms with Crippen LogP contribution in [0.15, 0.2) is 24.5 Å². The Hall–Kier alpha value is -3.63. The van der Waals surface area contributed by atoms with Crippen molar-refractivity contribution in [2.45, 2.75) is 25.7 Å². The molecule has 1 unspecified atom stereocenters. The van der Waals surface area contributed by atoms with E-state index in [2.05, 4.69) is 20.0 Å². The summed E-state index contributed by atoms with van der Waals surface area (Å²) in [5.74, 6) is -0.271. The Kier molecular flexibility index (Phi) is 10.4. The summed E-state index contributed by atoms with van der Waals surface area (Å²) in [6.07, 6.45) is -1.85. The number of amides is 1. The number of carboxylic acid groups (broad SMARTS) is 1. The highest BCUT2D eigenvalue weighted by atomic mass is 32.2. The quantitative estimate of drug-likeness (QED) is 0.315. The van der Waals surface area contributed by atoms with Gasteiger partial charge in [0.25, 0.3) is 10.1 Å².